The van der Waals surface area contributed by atoms with Crippen LogP contribution in [0.1, 0.15) is 48.6 Å². The summed E-state index contributed by atoms with van der Waals surface area (Å²) in [5.74, 6) is 0.729. The molecule has 2 N–H and O–H groups in total. The number of aryl methyl sites for hydroxylation is 1. The number of aromatic nitrogens is 2. The summed E-state index contributed by atoms with van der Waals surface area (Å²) < 4.78 is 2.04. The number of nitrogens with zero attached hydrogens (tertiary/aromatic N) is 2. The van der Waals surface area contributed by atoms with Crippen LogP contribution >= 0.6 is 0 Å². The van der Waals surface area contributed by atoms with Crippen LogP contribution < -0.4 is 5.73 Å². The van der Waals surface area contributed by atoms with Crippen LogP contribution in [0, 0.1) is 6.92 Å². The Balaban J connectivity index is 2.35. The van der Waals surface area contributed by atoms with Crippen LogP contribution in [0.4, 0.5) is 0 Å². The molecule has 1 heterocycles. The summed E-state index contributed by atoms with van der Waals surface area (Å²) >= 11 is 0. The van der Waals surface area contributed by atoms with Gasteiger partial charge in [-0.3, -0.25) is 4.68 Å². The molecule has 1 saturated carbocycles. The van der Waals surface area contributed by atoms with E-state index in [4.69, 9.17) is 5.73 Å². The lowest BCUT2D eigenvalue weighted by Gasteiger charge is -2.10. The van der Waals surface area contributed by atoms with E-state index in [9.17, 15) is 0 Å². The van der Waals surface area contributed by atoms with E-state index in [1.807, 2.05) is 11.7 Å². The highest BCUT2D eigenvalue weighted by Gasteiger charge is 2.23. The summed E-state index contributed by atoms with van der Waals surface area (Å²) in [4.78, 5) is 0. The van der Waals surface area contributed by atoms with Crippen molar-refractivity contribution in [2.75, 3.05) is 0 Å². The normalized spacial score (nSPS) is 17.9. The lowest BCUT2D eigenvalue weighted by molar-refractivity contribution is 0.611. The van der Waals surface area contributed by atoms with Gasteiger partial charge in [-0.15, -0.1) is 0 Å². The summed E-state index contributed by atoms with van der Waals surface area (Å²) in [5.41, 5.74) is 9.46. The summed E-state index contributed by atoms with van der Waals surface area (Å²) in [6.45, 7) is 2.72. The van der Waals surface area contributed by atoms with Crippen LogP contribution in [0.5, 0.6) is 0 Å². The molecule has 14 heavy (non-hydrogen) atoms. The van der Waals surface area contributed by atoms with Crippen LogP contribution in [-0.2, 0) is 13.6 Å². The molecule has 1 aromatic heterocycles. The Bertz CT molecular complexity index is 322. The maximum absolute atomic E-state index is 5.66. The fourth-order valence-corrected chi connectivity index (χ4v) is 2.66. The van der Waals surface area contributed by atoms with E-state index in [1.54, 1.807) is 0 Å². The molecule has 0 bridgehead atoms. The van der Waals surface area contributed by atoms with Crippen LogP contribution in [0.3, 0.4) is 0 Å². The molecule has 1 fully saturated rings. The fourth-order valence-electron chi connectivity index (χ4n) is 2.66. The van der Waals surface area contributed by atoms with Crippen LogP contribution in [0.2, 0.25) is 0 Å². The summed E-state index contributed by atoms with van der Waals surface area (Å²) in [7, 11) is 2.04. The standard InChI is InChI=1S/C11H19N3/c1-8-10(7-12)13-14(2)11(8)9-5-3-4-6-9/h9H,3-7,12H2,1-2H3. The Morgan fingerprint density at radius 3 is 2.57 bits per heavy atom. The van der Waals surface area contributed by atoms with E-state index >= 15 is 0 Å². The van der Waals surface area contributed by atoms with Crippen LogP contribution in [-0.4, -0.2) is 9.78 Å². The first-order chi connectivity index (χ1) is 6.74. The predicted molar refractivity (Wildman–Crippen MR) is 57.0 cm³/mol. The van der Waals surface area contributed by atoms with Gasteiger partial charge in [0.15, 0.2) is 0 Å². The van der Waals surface area contributed by atoms with E-state index < -0.39 is 0 Å². The summed E-state index contributed by atoms with van der Waals surface area (Å²) in [5, 5.41) is 4.46. The topological polar surface area (TPSA) is 43.8 Å². The molecule has 0 aliphatic heterocycles. The lowest BCUT2D eigenvalue weighted by Crippen LogP contribution is -2.03. The van der Waals surface area contributed by atoms with Gasteiger partial charge in [-0.05, 0) is 25.3 Å². The number of rotatable bonds is 2. The lowest BCUT2D eigenvalue weighted by atomic mass is 9.99. The highest BCUT2D eigenvalue weighted by atomic mass is 15.3. The Hall–Kier alpha value is -0.830. The molecule has 1 aliphatic rings. The van der Waals surface area contributed by atoms with Gasteiger partial charge < -0.3 is 5.73 Å². The fraction of sp³-hybridized carbons (Fsp3) is 0.727. The molecular formula is C11H19N3. The van der Waals surface area contributed by atoms with Gasteiger partial charge in [0.25, 0.3) is 0 Å². The van der Waals surface area contributed by atoms with Gasteiger partial charge in [0.05, 0.1) is 5.69 Å². The van der Waals surface area contributed by atoms with Crippen molar-refractivity contribution in [3.05, 3.63) is 17.0 Å². The van der Waals surface area contributed by atoms with Crippen molar-refractivity contribution in [2.24, 2.45) is 12.8 Å². The molecule has 78 valence electrons. The van der Waals surface area contributed by atoms with Crippen molar-refractivity contribution < 1.29 is 0 Å². The van der Waals surface area contributed by atoms with Gasteiger partial charge in [0.2, 0.25) is 0 Å². The van der Waals surface area contributed by atoms with E-state index in [1.165, 1.54) is 36.9 Å². The Morgan fingerprint density at radius 1 is 1.43 bits per heavy atom. The van der Waals surface area contributed by atoms with Crippen molar-refractivity contribution in [2.45, 2.75) is 45.1 Å². The molecule has 0 atom stereocenters. The summed E-state index contributed by atoms with van der Waals surface area (Å²) in [6.07, 6.45) is 5.38. The number of hydrogen-bond donors (Lipinski definition) is 1. The molecule has 0 amide bonds. The second-order valence-corrected chi connectivity index (χ2v) is 4.27. The minimum atomic E-state index is 0.562. The zero-order valence-electron chi connectivity index (χ0n) is 9.08. The molecule has 0 radical (unpaired) electrons. The Kier molecular flexibility index (Phi) is 2.59. The molecule has 0 saturated heterocycles. The van der Waals surface area contributed by atoms with Crippen molar-refractivity contribution in [1.29, 1.82) is 0 Å². The largest absolute Gasteiger partial charge is 0.325 e. The Morgan fingerprint density at radius 2 is 2.07 bits per heavy atom. The van der Waals surface area contributed by atoms with Crippen LogP contribution in [0.15, 0.2) is 0 Å². The zero-order valence-corrected chi connectivity index (χ0v) is 9.08. The zero-order chi connectivity index (χ0) is 10.1. The van der Waals surface area contributed by atoms with Crippen molar-refractivity contribution >= 4 is 0 Å². The highest BCUT2D eigenvalue weighted by Crippen LogP contribution is 2.36. The quantitative estimate of drug-likeness (QED) is 0.779. The SMILES string of the molecule is Cc1c(CN)nn(C)c1C1CCCC1. The monoisotopic (exact) mass is 193 g/mol. The average Bonchev–Trinajstić information content (AvgIpc) is 2.74. The van der Waals surface area contributed by atoms with Gasteiger partial charge in [0.1, 0.15) is 0 Å². The maximum Gasteiger partial charge on any atom is 0.0792 e. The summed E-state index contributed by atoms with van der Waals surface area (Å²) in [6, 6.07) is 0. The first-order valence-corrected chi connectivity index (χ1v) is 5.46. The smallest absolute Gasteiger partial charge is 0.0792 e. The molecule has 0 spiro atoms. The van der Waals surface area contributed by atoms with Gasteiger partial charge in [0, 0.05) is 25.2 Å². The van der Waals surface area contributed by atoms with Gasteiger partial charge in [-0.2, -0.15) is 5.10 Å². The minimum absolute atomic E-state index is 0.562. The van der Waals surface area contributed by atoms with Crippen molar-refractivity contribution in [3.63, 3.8) is 0 Å². The minimum Gasteiger partial charge on any atom is -0.325 e. The first kappa shape index (κ1) is 9.71. The third-order valence-corrected chi connectivity index (χ3v) is 3.37. The molecule has 0 aromatic carbocycles. The first-order valence-electron chi connectivity index (χ1n) is 5.46. The van der Waals surface area contributed by atoms with Gasteiger partial charge >= 0.3 is 0 Å². The van der Waals surface area contributed by atoms with E-state index in [0.717, 1.165) is 11.6 Å². The molecular weight excluding hydrogens is 174 g/mol. The molecule has 3 nitrogen and oxygen atoms in total. The second kappa shape index (κ2) is 3.73. The Labute approximate surface area is 85.3 Å². The average molecular weight is 193 g/mol. The molecule has 2 rings (SSSR count). The second-order valence-electron chi connectivity index (χ2n) is 4.27. The highest BCUT2D eigenvalue weighted by molar-refractivity contribution is 5.28. The molecule has 3 heteroatoms. The van der Waals surface area contributed by atoms with E-state index in [0.29, 0.717) is 6.54 Å². The third-order valence-electron chi connectivity index (χ3n) is 3.37. The molecule has 0 unspecified atom stereocenters. The number of nitrogens with two attached hydrogens (primary N) is 1. The number of hydrogen-bond acceptors (Lipinski definition) is 2. The van der Waals surface area contributed by atoms with E-state index in [-0.39, 0.29) is 0 Å². The third kappa shape index (κ3) is 1.46. The molecule has 1 aromatic rings. The van der Waals surface area contributed by atoms with Crippen molar-refractivity contribution in [1.82, 2.24) is 9.78 Å². The van der Waals surface area contributed by atoms with Gasteiger partial charge in [-0.25, -0.2) is 0 Å². The van der Waals surface area contributed by atoms with Gasteiger partial charge in [-0.1, -0.05) is 12.8 Å². The van der Waals surface area contributed by atoms with Crippen LogP contribution in [0.25, 0.3) is 0 Å². The maximum atomic E-state index is 5.66. The van der Waals surface area contributed by atoms with E-state index in [2.05, 4.69) is 12.0 Å². The van der Waals surface area contributed by atoms with Crippen molar-refractivity contribution in [3.8, 4) is 0 Å². The molecule has 1 aliphatic carbocycles. The predicted octanol–water partition coefficient (Wildman–Crippen LogP) is 1.84.